The van der Waals surface area contributed by atoms with E-state index in [2.05, 4.69) is 5.32 Å². The maximum Gasteiger partial charge on any atom is 0.260 e. The molecule has 3 heteroatoms. The molecule has 3 nitrogen and oxygen atoms in total. The van der Waals surface area contributed by atoms with Gasteiger partial charge in [-0.25, -0.2) is 0 Å². The lowest BCUT2D eigenvalue weighted by Crippen LogP contribution is -2.37. The number of carbonyl (C=O) groups is 1. The molecule has 0 saturated heterocycles. The molecule has 0 radical (unpaired) electrons. The average Bonchev–Trinajstić information content (AvgIpc) is 2.41. The van der Waals surface area contributed by atoms with Gasteiger partial charge in [0, 0.05) is 5.69 Å². The van der Waals surface area contributed by atoms with Gasteiger partial charge in [-0.2, -0.15) is 0 Å². The highest BCUT2D eigenvalue weighted by Crippen LogP contribution is 2.22. The number of aliphatic hydroxyl groups is 1. The molecule has 92 valence electrons. The molecule has 2 N–H and O–H groups in total. The van der Waals surface area contributed by atoms with E-state index in [4.69, 9.17) is 0 Å². The van der Waals surface area contributed by atoms with Gasteiger partial charge >= 0.3 is 0 Å². The zero-order chi connectivity index (χ0) is 13.0. The minimum atomic E-state index is -1.54. The molecule has 2 aromatic carbocycles. The van der Waals surface area contributed by atoms with E-state index in [1.807, 2.05) is 24.3 Å². The summed E-state index contributed by atoms with van der Waals surface area (Å²) < 4.78 is 0. The van der Waals surface area contributed by atoms with Crippen LogP contribution in [0.4, 0.5) is 5.69 Å². The number of hydrogen-bond acceptors (Lipinski definition) is 2. The SMILES string of the molecule is C[C@](O)(C(=O)Nc1ccccc1)c1ccccc1. The normalized spacial score (nSPS) is 13.7. The molecule has 2 rings (SSSR count). The number of para-hydroxylation sites is 1. The summed E-state index contributed by atoms with van der Waals surface area (Å²) in [5.74, 6) is -0.445. The summed E-state index contributed by atoms with van der Waals surface area (Å²) in [6.45, 7) is 1.49. The molecule has 0 bridgehead atoms. The van der Waals surface area contributed by atoms with Crippen LogP contribution in [0.2, 0.25) is 0 Å². The lowest BCUT2D eigenvalue weighted by molar-refractivity contribution is -0.133. The molecule has 0 fully saturated rings. The largest absolute Gasteiger partial charge is 0.376 e. The number of hydrogen-bond donors (Lipinski definition) is 2. The van der Waals surface area contributed by atoms with Crippen molar-refractivity contribution in [1.29, 1.82) is 0 Å². The van der Waals surface area contributed by atoms with Gasteiger partial charge in [-0.05, 0) is 24.6 Å². The Bertz CT molecular complexity index is 521. The molecule has 0 spiro atoms. The summed E-state index contributed by atoms with van der Waals surface area (Å²) in [6.07, 6.45) is 0. The van der Waals surface area contributed by atoms with Crippen molar-refractivity contribution in [2.24, 2.45) is 0 Å². The Morgan fingerprint density at radius 1 is 1.00 bits per heavy atom. The Kier molecular flexibility index (Phi) is 3.44. The van der Waals surface area contributed by atoms with Gasteiger partial charge in [0.2, 0.25) is 0 Å². The average molecular weight is 241 g/mol. The quantitative estimate of drug-likeness (QED) is 0.867. The molecule has 18 heavy (non-hydrogen) atoms. The molecule has 0 saturated carbocycles. The Hall–Kier alpha value is -2.13. The van der Waals surface area contributed by atoms with Crippen LogP contribution in [-0.2, 0) is 10.4 Å². The van der Waals surface area contributed by atoms with E-state index >= 15 is 0 Å². The molecule has 0 unspecified atom stereocenters. The first kappa shape index (κ1) is 12.3. The number of nitrogens with one attached hydrogen (secondary N) is 1. The van der Waals surface area contributed by atoms with Crippen molar-refractivity contribution in [3.8, 4) is 0 Å². The first-order chi connectivity index (χ1) is 8.60. The van der Waals surface area contributed by atoms with Gasteiger partial charge in [-0.15, -0.1) is 0 Å². The zero-order valence-corrected chi connectivity index (χ0v) is 10.1. The third-order valence-corrected chi connectivity index (χ3v) is 2.81. The molecule has 0 heterocycles. The van der Waals surface area contributed by atoms with Gasteiger partial charge in [-0.1, -0.05) is 48.5 Å². The fourth-order valence-electron chi connectivity index (χ4n) is 1.67. The lowest BCUT2D eigenvalue weighted by atomic mass is 9.95. The van der Waals surface area contributed by atoms with Crippen LogP contribution in [-0.4, -0.2) is 11.0 Å². The van der Waals surface area contributed by atoms with Crippen LogP contribution in [0, 0.1) is 0 Å². The summed E-state index contributed by atoms with van der Waals surface area (Å²) >= 11 is 0. The molecule has 2 aromatic rings. The van der Waals surface area contributed by atoms with Crippen molar-refractivity contribution >= 4 is 11.6 Å². The number of rotatable bonds is 3. The Labute approximate surface area is 106 Å². The molecule has 0 aliphatic carbocycles. The van der Waals surface area contributed by atoms with Crippen molar-refractivity contribution in [2.75, 3.05) is 5.32 Å². The van der Waals surface area contributed by atoms with Crippen LogP contribution in [0.3, 0.4) is 0 Å². The zero-order valence-electron chi connectivity index (χ0n) is 10.1. The second kappa shape index (κ2) is 5.02. The molecule has 0 aliphatic heterocycles. The van der Waals surface area contributed by atoms with Crippen molar-refractivity contribution < 1.29 is 9.90 Å². The molecular formula is C15H15NO2. The summed E-state index contributed by atoms with van der Waals surface area (Å²) in [5, 5.41) is 13.0. The second-order valence-electron chi connectivity index (χ2n) is 4.26. The molecule has 1 atom stereocenters. The van der Waals surface area contributed by atoms with Gasteiger partial charge in [0.25, 0.3) is 5.91 Å². The van der Waals surface area contributed by atoms with Gasteiger partial charge in [0.15, 0.2) is 5.60 Å². The second-order valence-corrected chi connectivity index (χ2v) is 4.26. The number of benzene rings is 2. The summed E-state index contributed by atoms with van der Waals surface area (Å²) in [5.41, 5.74) is -0.311. The predicted octanol–water partition coefficient (Wildman–Crippen LogP) is 2.53. The first-order valence-corrected chi connectivity index (χ1v) is 5.75. The highest BCUT2D eigenvalue weighted by Gasteiger charge is 2.32. The van der Waals surface area contributed by atoms with E-state index < -0.39 is 11.5 Å². The van der Waals surface area contributed by atoms with E-state index in [9.17, 15) is 9.90 Å². The molecule has 1 amide bonds. The van der Waals surface area contributed by atoms with E-state index in [1.165, 1.54) is 6.92 Å². The number of carbonyl (C=O) groups excluding carboxylic acids is 1. The number of anilines is 1. The third kappa shape index (κ3) is 2.57. The molecule has 0 aliphatic rings. The van der Waals surface area contributed by atoms with Gasteiger partial charge in [0.05, 0.1) is 0 Å². The topological polar surface area (TPSA) is 49.3 Å². The van der Waals surface area contributed by atoms with Crippen molar-refractivity contribution in [3.63, 3.8) is 0 Å². The van der Waals surface area contributed by atoms with Gasteiger partial charge in [-0.3, -0.25) is 4.79 Å². The van der Waals surface area contributed by atoms with E-state index in [0.29, 0.717) is 11.3 Å². The van der Waals surface area contributed by atoms with Crippen molar-refractivity contribution in [3.05, 3.63) is 66.2 Å². The predicted molar refractivity (Wildman–Crippen MR) is 71.1 cm³/mol. The minimum Gasteiger partial charge on any atom is -0.376 e. The summed E-state index contributed by atoms with van der Waals surface area (Å²) in [7, 11) is 0. The Morgan fingerprint density at radius 3 is 2.06 bits per heavy atom. The smallest absolute Gasteiger partial charge is 0.260 e. The Balaban J connectivity index is 2.18. The fraction of sp³-hybridized carbons (Fsp3) is 0.133. The number of amides is 1. The van der Waals surface area contributed by atoms with E-state index in [0.717, 1.165) is 0 Å². The minimum absolute atomic E-state index is 0.445. The summed E-state index contributed by atoms with van der Waals surface area (Å²) in [6, 6.07) is 18.0. The van der Waals surface area contributed by atoms with Gasteiger partial charge < -0.3 is 10.4 Å². The van der Waals surface area contributed by atoms with Crippen molar-refractivity contribution in [1.82, 2.24) is 0 Å². The molecular weight excluding hydrogens is 226 g/mol. The highest BCUT2D eigenvalue weighted by molar-refractivity contribution is 5.97. The molecule has 0 aromatic heterocycles. The summed E-state index contributed by atoms with van der Waals surface area (Å²) in [4.78, 5) is 12.1. The highest BCUT2D eigenvalue weighted by atomic mass is 16.3. The van der Waals surface area contributed by atoms with Crippen LogP contribution in [0.25, 0.3) is 0 Å². The monoisotopic (exact) mass is 241 g/mol. The van der Waals surface area contributed by atoms with Crippen LogP contribution >= 0.6 is 0 Å². The van der Waals surface area contributed by atoms with Crippen LogP contribution in [0.1, 0.15) is 12.5 Å². The Morgan fingerprint density at radius 2 is 1.50 bits per heavy atom. The van der Waals surface area contributed by atoms with Crippen LogP contribution < -0.4 is 5.32 Å². The maximum atomic E-state index is 12.1. The third-order valence-electron chi connectivity index (χ3n) is 2.81. The first-order valence-electron chi connectivity index (χ1n) is 5.75. The fourth-order valence-corrected chi connectivity index (χ4v) is 1.67. The lowest BCUT2D eigenvalue weighted by Gasteiger charge is -2.22. The maximum absolute atomic E-state index is 12.1. The standard InChI is InChI=1S/C15H15NO2/c1-15(18,12-8-4-2-5-9-12)14(17)16-13-10-6-3-7-11-13/h2-11,18H,1H3,(H,16,17)/t15-/m1/s1. The van der Waals surface area contributed by atoms with E-state index in [1.54, 1.807) is 36.4 Å². The van der Waals surface area contributed by atoms with Gasteiger partial charge in [0.1, 0.15) is 0 Å². The van der Waals surface area contributed by atoms with Crippen molar-refractivity contribution in [2.45, 2.75) is 12.5 Å². The van der Waals surface area contributed by atoms with Crippen LogP contribution in [0.5, 0.6) is 0 Å². The van der Waals surface area contributed by atoms with E-state index in [-0.39, 0.29) is 0 Å². The van der Waals surface area contributed by atoms with Crippen LogP contribution in [0.15, 0.2) is 60.7 Å².